The Morgan fingerprint density at radius 1 is 0.283 bits per heavy atom. The van der Waals surface area contributed by atoms with Crippen molar-refractivity contribution in [3.63, 3.8) is 0 Å². The predicted octanol–water partition coefficient (Wildman–Crippen LogP) is 11.8. The molecule has 2 aliphatic rings. The smallest absolute Gasteiger partial charge is 0.0553 e. The van der Waals surface area contributed by atoms with Gasteiger partial charge in [-0.3, -0.25) is 0 Å². The van der Waals surface area contributed by atoms with Gasteiger partial charge in [-0.1, -0.05) is 109 Å². The van der Waals surface area contributed by atoms with Gasteiger partial charge in [-0.2, -0.15) is 0 Å². The molecule has 46 heavy (non-hydrogen) atoms. The first-order chi connectivity index (χ1) is 22.8. The van der Waals surface area contributed by atoms with E-state index >= 15 is 0 Å². The Labute approximate surface area is 266 Å². The molecule has 2 heteroatoms. The van der Waals surface area contributed by atoms with Crippen LogP contribution >= 0.6 is 0 Å². The summed E-state index contributed by atoms with van der Waals surface area (Å²) in [6, 6.07) is 62.0. The van der Waals surface area contributed by atoms with Gasteiger partial charge < -0.3 is 9.13 Å². The zero-order valence-corrected chi connectivity index (χ0v) is 25.1. The zero-order chi connectivity index (χ0) is 30.2. The summed E-state index contributed by atoms with van der Waals surface area (Å²) in [5, 5.41) is 5.08. The molecule has 2 heterocycles. The Hall–Kier alpha value is -6.12. The topological polar surface area (TPSA) is 9.86 Å². The average Bonchev–Trinajstić information content (AvgIpc) is 3.13. The monoisotopic (exact) mass is 584 g/mol. The van der Waals surface area contributed by atoms with Crippen LogP contribution in [0.25, 0.3) is 88.4 Å². The van der Waals surface area contributed by atoms with Gasteiger partial charge in [-0.25, -0.2) is 0 Å². The van der Waals surface area contributed by atoms with Crippen molar-refractivity contribution in [2.45, 2.75) is 0 Å². The van der Waals surface area contributed by atoms with Gasteiger partial charge in [0.1, 0.15) is 0 Å². The summed E-state index contributed by atoms with van der Waals surface area (Å²) in [5.74, 6) is 0. The molecule has 0 aromatic heterocycles. The Kier molecular flexibility index (Phi) is 5.31. The van der Waals surface area contributed by atoms with Crippen molar-refractivity contribution in [1.82, 2.24) is 9.13 Å². The number of para-hydroxylation sites is 2. The summed E-state index contributed by atoms with van der Waals surface area (Å²) < 4.78 is 4.96. The zero-order valence-electron chi connectivity index (χ0n) is 25.1. The van der Waals surface area contributed by atoms with E-state index in [1.807, 2.05) is 0 Å². The summed E-state index contributed by atoms with van der Waals surface area (Å²) in [5.41, 5.74) is 14.7. The van der Waals surface area contributed by atoms with Crippen LogP contribution in [0, 0.1) is 0 Å². The molecule has 0 atom stereocenters. The summed E-state index contributed by atoms with van der Waals surface area (Å²) in [6.45, 7) is 0. The van der Waals surface area contributed by atoms with Crippen LogP contribution < -0.4 is 0 Å². The molecule has 8 aromatic rings. The van der Waals surface area contributed by atoms with Gasteiger partial charge in [0, 0.05) is 33.3 Å². The van der Waals surface area contributed by atoms with E-state index in [2.05, 4.69) is 179 Å². The summed E-state index contributed by atoms with van der Waals surface area (Å²) >= 11 is 0. The van der Waals surface area contributed by atoms with Crippen molar-refractivity contribution in [1.29, 1.82) is 0 Å². The van der Waals surface area contributed by atoms with E-state index in [4.69, 9.17) is 0 Å². The minimum atomic E-state index is 1.16. The van der Waals surface area contributed by atoms with Gasteiger partial charge in [0.2, 0.25) is 0 Å². The standard InChI is InChI=1S/C44H28N2/c1-5-13-29(14-6-1)33-25-31-21-23-38-43-41(31)39(27-33)45(35-17-9-3-10-18-35)37-24-22-32-26-34(30-15-7-2-8-16-30)28-40(42(32)44(37)43)46(38)36-19-11-4-12-20-36/h1-28H. The van der Waals surface area contributed by atoms with Crippen LogP contribution in [0.2, 0.25) is 0 Å². The number of hydrogen-bond acceptors (Lipinski definition) is 0. The minimum Gasteiger partial charge on any atom is -0.309 e. The average molecular weight is 585 g/mol. The molecular formula is C44H28N2. The van der Waals surface area contributed by atoms with Gasteiger partial charge in [-0.05, 0) is 93.7 Å². The van der Waals surface area contributed by atoms with Crippen molar-refractivity contribution in [2.24, 2.45) is 0 Å². The van der Waals surface area contributed by atoms with Crippen molar-refractivity contribution in [2.75, 3.05) is 0 Å². The molecule has 0 fully saturated rings. The SMILES string of the molecule is c1ccc(-c2cc3ccc4c5c3c(c2)n(-c2ccccc2)c2ccc3cc(-c6ccccc6)cc(c3c2-5)n4-c2ccccc2)cc1. The van der Waals surface area contributed by atoms with Crippen LogP contribution in [0.5, 0.6) is 0 Å². The van der Waals surface area contributed by atoms with E-state index in [-0.39, 0.29) is 0 Å². The molecule has 10 rings (SSSR count). The molecule has 0 bridgehead atoms. The van der Waals surface area contributed by atoms with Crippen LogP contribution in [-0.4, -0.2) is 9.13 Å². The Morgan fingerprint density at radius 2 is 0.652 bits per heavy atom. The molecule has 0 amide bonds. The second-order valence-electron chi connectivity index (χ2n) is 12.2. The summed E-state index contributed by atoms with van der Waals surface area (Å²) in [4.78, 5) is 0. The Morgan fingerprint density at radius 3 is 1.04 bits per heavy atom. The van der Waals surface area contributed by atoms with E-state index in [9.17, 15) is 0 Å². The number of benzene rings is 8. The van der Waals surface area contributed by atoms with Gasteiger partial charge in [0.15, 0.2) is 0 Å². The maximum absolute atomic E-state index is 2.48. The van der Waals surface area contributed by atoms with Crippen molar-refractivity contribution < 1.29 is 0 Å². The molecule has 0 spiro atoms. The van der Waals surface area contributed by atoms with E-state index < -0.39 is 0 Å². The summed E-state index contributed by atoms with van der Waals surface area (Å²) in [6.07, 6.45) is 0. The highest BCUT2D eigenvalue weighted by molar-refractivity contribution is 6.27. The number of aromatic nitrogens is 2. The lowest BCUT2D eigenvalue weighted by atomic mass is 9.85. The van der Waals surface area contributed by atoms with Crippen LogP contribution in [0.15, 0.2) is 170 Å². The predicted molar refractivity (Wildman–Crippen MR) is 194 cm³/mol. The number of pyridine rings is 2. The van der Waals surface area contributed by atoms with Crippen LogP contribution in [0.4, 0.5) is 0 Å². The van der Waals surface area contributed by atoms with E-state index in [1.165, 1.54) is 77.0 Å². The Balaban J connectivity index is 1.46. The number of nitrogens with zero attached hydrogens (tertiary/aromatic N) is 2. The van der Waals surface area contributed by atoms with Gasteiger partial charge in [-0.15, -0.1) is 0 Å². The lowest BCUT2D eigenvalue weighted by Crippen LogP contribution is -2.10. The summed E-state index contributed by atoms with van der Waals surface area (Å²) in [7, 11) is 0. The van der Waals surface area contributed by atoms with Crippen molar-refractivity contribution >= 4 is 43.6 Å². The van der Waals surface area contributed by atoms with Crippen LogP contribution in [0.3, 0.4) is 0 Å². The maximum Gasteiger partial charge on any atom is 0.0553 e. The highest BCUT2D eigenvalue weighted by Crippen LogP contribution is 2.50. The molecule has 0 N–H and O–H groups in total. The normalized spacial score (nSPS) is 11.9. The third-order valence-electron chi connectivity index (χ3n) is 9.61. The molecule has 0 saturated carbocycles. The number of hydrogen-bond donors (Lipinski definition) is 0. The second kappa shape index (κ2) is 9.69. The highest BCUT2D eigenvalue weighted by Gasteiger charge is 2.27. The third-order valence-corrected chi connectivity index (χ3v) is 9.61. The van der Waals surface area contributed by atoms with E-state index in [0.29, 0.717) is 0 Å². The molecule has 0 radical (unpaired) electrons. The second-order valence-corrected chi connectivity index (χ2v) is 12.2. The van der Waals surface area contributed by atoms with Gasteiger partial charge >= 0.3 is 0 Å². The van der Waals surface area contributed by atoms with Crippen LogP contribution in [-0.2, 0) is 0 Å². The lowest BCUT2D eigenvalue weighted by molar-refractivity contribution is 1.14. The third kappa shape index (κ3) is 3.59. The molecule has 0 aliphatic carbocycles. The molecule has 0 saturated heterocycles. The fraction of sp³-hybridized carbons (Fsp3) is 0. The highest BCUT2D eigenvalue weighted by atomic mass is 15.0. The molecule has 0 unspecified atom stereocenters. The number of rotatable bonds is 4. The van der Waals surface area contributed by atoms with E-state index in [0.717, 1.165) is 11.4 Å². The quantitative estimate of drug-likeness (QED) is 0.144. The molecule has 2 nitrogen and oxygen atoms in total. The Bertz CT molecular complexity index is 2460. The first-order valence-electron chi connectivity index (χ1n) is 15.9. The van der Waals surface area contributed by atoms with Crippen molar-refractivity contribution in [3.05, 3.63) is 170 Å². The van der Waals surface area contributed by atoms with Crippen LogP contribution in [0.1, 0.15) is 0 Å². The molecule has 2 aliphatic heterocycles. The lowest BCUT2D eigenvalue weighted by Gasteiger charge is -2.29. The van der Waals surface area contributed by atoms with Crippen molar-refractivity contribution in [3.8, 4) is 44.8 Å². The van der Waals surface area contributed by atoms with Gasteiger partial charge in [0.05, 0.1) is 22.1 Å². The van der Waals surface area contributed by atoms with E-state index in [1.54, 1.807) is 0 Å². The fourth-order valence-electron chi connectivity index (χ4n) is 7.66. The maximum atomic E-state index is 2.48. The van der Waals surface area contributed by atoms with Gasteiger partial charge in [0.25, 0.3) is 0 Å². The molecule has 214 valence electrons. The first-order valence-corrected chi connectivity index (χ1v) is 15.9. The first kappa shape index (κ1) is 25.2. The molecular weight excluding hydrogens is 556 g/mol. The minimum absolute atomic E-state index is 1.16. The molecule has 8 aromatic carbocycles. The fourth-order valence-corrected chi connectivity index (χ4v) is 7.66. The largest absolute Gasteiger partial charge is 0.309 e.